The summed E-state index contributed by atoms with van der Waals surface area (Å²) >= 11 is 0. The van der Waals surface area contributed by atoms with Gasteiger partial charge in [0.05, 0.1) is 0 Å². The largest absolute Gasteiger partial charge is 0.120 e. The van der Waals surface area contributed by atoms with Crippen molar-refractivity contribution in [1.82, 2.24) is 0 Å². The standard InChI is InChI=1S/C10H12/c1-2-3-7-10-8-5-4-6-9-10/h1,4-6,8,10H,3,7,9H2. The third-order valence-electron chi connectivity index (χ3n) is 1.73. The van der Waals surface area contributed by atoms with E-state index in [2.05, 4.69) is 30.2 Å². The monoisotopic (exact) mass is 132 g/mol. The Morgan fingerprint density at radius 3 is 3.00 bits per heavy atom. The molecule has 0 aromatic rings. The Labute approximate surface area is 62.6 Å². The lowest BCUT2D eigenvalue weighted by molar-refractivity contribution is 0.607. The van der Waals surface area contributed by atoms with Crippen LogP contribution in [0.4, 0.5) is 0 Å². The van der Waals surface area contributed by atoms with Crippen LogP contribution in [0.2, 0.25) is 0 Å². The van der Waals surface area contributed by atoms with Crippen molar-refractivity contribution in [2.45, 2.75) is 19.3 Å². The maximum atomic E-state index is 5.15. The number of hydrogen-bond acceptors (Lipinski definition) is 0. The van der Waals surface area contributed by atoms with E-state index in [1.165, 1.54) is 0 Å². The van der Waals surface area contributed by atoms with Crippen molar-refractivity contribution in [1.29, 1.82) is 0 Å². The highest BCUT2D eigenvalue weighted by atomic mass is 14.1. The van der Waals surface area contributed by atoms with Crippen LogP contribution < -0.4 is 0 Å². The minimum absolute atomic E-state index is 0.695. The summed E-state index contributed by atoms with van der Waals surface area (Å²) in [6, 6.07) is 0. The molecule has 0 spiro atoms. The predicted molar refractivity (Wildman–Crippen MR) is 44.5 cm³/mol. The van der Waals surface area contributed by atoms with Crippen molar-refractivity contribution in [3.05, 3.63) is 24.3 Å². The molecule has 0 fully saturated rings. The van der Waals surface area contributed by atoms with Gasteiger partial charge in [-0.2, -0.15) is 0 Å². The molecule has 1 aliphatic carbocycles. The predicted octanol–water partition coefficient (Wildman–Crippen LogP) is 2.53. The third-order valence-corrected chi connectivity index (χ3v) is 1.73. The number of allylic oxidation sites excluding steroid dienone is 4. The molecule has 0 nitrogen and oxygen atoms in total. The second-order valence-corrected chi connectivity index (χ2v) is 2.55. The van der Waals surface area contributed by atoms with Gasteiger partial charge in [0.2, 0.25) is 0 Å². The zero-order valence-electron chi connectivity index (χ0n) is 6.09. The Morgan fingerprint density at radius 2 is 2.40 bits per heavy atom. The van der Waals surface area contributed by atoms with Crippen LogP contribution >= 0.6 is 0 Å². The molecule has 0 heteroatoms. The van der Waals surface area contributed by atoms with Gasteiger partial charge in [-0.1, -0.05) is 24.3 Å². The van der Waals surface area contributed by atoms with E-state index >= 15 is 0 Å². The highest BCUT2D eigenvalue weighted by molar-refractivity contribution is 5.11. The molecule has 1 atom stereocenters. The van der Waals surface area contributed by atoms with Crippen LogP contribution in [-0.4, -0.2) is 0 Å². The van der Waals surface area contributed by atoms with Crippen molar-refractivity contribution in [3.8, 4) is 12.3 Å². The van der Waals surface area contributed by atoms with E-state index in [1.807, 2.05) is 0 Å². The van der Waals surface area contributed by atoms with Crippen molar-refractivity contribution < 1.29 is 0 Å². The van der Waals surface area contributed by atoms with E-state index in [9.17, 15) is 0 Å². The van der Waals surface area contributed by atoms with Gasteiger partial charge in [-0.3, -0.25) is 0 Å². The molecule has 0 saturated carbocycles. The van der Waals surface area contributed by atoms with Gasteiger partial charge in [-0.25, -0.2) is 0 Å². The number of terminal acetylenes is 1. The first-order valence-corrected chi connectivity index (χ1v) is 3.70. The van der Waals surface area contributed by atoms with E-state index in [4.69, 9.17) is 6.42 Å². The number of hydrogen-bond donors (Lipinski definition) is 0. The summed E-state index contributed by atoms with van der Waals surface area (Å²) in [6.45, 7) is 0. The molecule has 1 unspecified atom stereocenters. The lowest BCUT2D eigenvalue weighted by atomic mass is 9.96. The molecule has 0 amide bonds. The van der Waals surface area contributed by atoms with Crippen LogP contribution in [0.15, 0.2) is 24.3 Å². The topological polar surface area (TPSA) is 0 Å². The van der Waals surface area contributed by atoms with Crippen LogP contribution in [0.5, 0.6) is 0 Å². The number of rotatable bonds is 2. The molecule has 0 bridgehead atoms. The van der Waals surface area contributed by atoms with Crippen LogP contribution in [0.3, 0.4) is 0 Å². The fourth-order valence-electron chi connectivity index (χ4n) is 1.11. The molecule has 0 aliphatic heterocycles. The Hall–Kier alpha value is -0.960. The van der Waals surface area contributed by atoms with Crippen molar-refractivity contribution >= 4 is 0 Å². The maximum absolute atomic E-state index is 5.15. The molecule has 0 saturated heterocycles. The van der Waals surface area contributed by atoms with Gasteiger partial charge >= 0.3 is 0 Å². The summed E-state index contributed by atoms with van der Waals surface area (Å²) in [5.41, 5.74) is 0. The smallest absolute Gasteiger partial charge is 0.00917 e. The fraction of sp³-hybridized carbons (Fsp3) is 0.400. The van der Waals surface area contributed by atoms with Crippen molar-refractivity contribution in [3.63, 3.8) is 0 Å². The van der Waals surface area contributed by atoms with E-state index in [0.29, 0.717) is 5.92 Å². The minimum atomic E-state index is 0.695. The van der Waals surface area contributed by atoms with Gasteiger partial charge in [0.25, 0.3) is 0 Å². The second kappa shape index (κ2) is 3.95. The highest BCUT2D eigenvalue weighted by Gasteiger charge is 2.02. The zero-order valence-corrected chi connectivity index (χ0v) is 6.09. The van der Waals surface area contributed by atoms with Gasteiger partial charge in [0, 0.05) is 6.42 Å². The van der Waals surface area contributed by atoms with E-state index in [1.54, 1.807) is 0 Å². The van der Waals surface area contributed by atoms with Crippen LogP contribution in [-0.2, 0) is 0 Å². The molecule has 52 valence electrons. The van der Waals surface area contributed by atoms with Gasteiger partial charge in [-0.05, 0) is 18.8 Å². The molecular weight excluding hydrogens is 120 g/mol. The molecule has 0 heterocycles. The van der Waals surface area contributed by atoms with Crippen molar-refractivity contribution in [2.75, 3.05) is 0 Å². The molecular formula is C10H12. The summed E-state index contributed by atoms with van der Waals surface area (Å²) in [4.78, 5) is 0. The normalized spacial score (nSPS) is 22.5. The molecule has 10 heavy (non-hydrogen) atoms. The van der Waals surface area contributed by atoms with E-state index in [-0.39, 0.29) is 0 Å². The minimum Gasteiger partial charge on any atom is -0.120 e. The molecule has 0 aromatic carbocycles. The third kappa shape index (κ3) is 2.11. The summed E-state index contributed by atoms with van der Waals surface area (Å²) in [5, 5.41) is 0. The summed E-state index contributed by atoms with van der Waals surface area (Å²) < 4.78 is 0. The first kappa shape index (κ1) is 7.15. The van der Waals surface area contributed by atoms with Gasteiger partial charge < -0.3 is 0 Å². The average molecular weight is 132 g/mol. The zero-order chi connectivity index (χ0) is 7.23. The molecule has 0 N–H and O–H groups in total. The lowest BCUT2D eigenvalue weighted by Gasteiger charge is -2.09. The fourth-order valence-corrected chi connectivity index (χ4v) is 1.11. The average Bonchev–Trinajstić information content (AvgIpc) is 2.03. The molecule has 0 aromatic heterocycles. The van der Waals surface area contributed by atoms with Crippen LogP contribution in [0.1, 0.15) is 19.3 Å². The van der Waals surface area contributed by atoms with Crippen LogP contribution in [0.25, 0.3) is 0 Å². The quantitative estimate of drug-likeness (QED) is 0.506. The van der Waals surface area contributed by atoms with E-state index < -0.39 is 0 Å². The molecule has 1 rings (SSSR count). The second-order valence-electron chi connectivity index (χ2n) is 2.55. The highest BCUT2D eigenvalue weighted by Crippen LogP contribution is 2.16. The first-order valence-electron chi connectivity index (χ1n) is 3.70. The van der Waals surface area contributed by atoms with Crippen LogP contribution in [0, 0.1) is 18.3 Å². The maximum Gasteiger partial charge on any atom is 0.00917 e. The Kier molecular flexibility index (Phi) is 2.83. The Bertz CT molecular complexity index is 179. The molecule has 0 radical (unpaired) electrons. The van der Waals surface area contributed by atoms with Gasteiger partial charge in [0.1, 0.15) is 0 Å². The van der Waals surface area contributed by atoms with Gasteiger partial charge in [0.15, 0.2) is 0 Å². The van der Waals surface area contributed by atoms with Crippen molar-refractivity contribution in [2.24, 2.45) is 5.92 Å². The first-order chi connectivity index (χ1) is 4.93. The Balaban J connectivity index is 2.25. The summed E-state index contributed by atoms with van der Waals surface area (Å²) in [7, 11) is 0. The summed E-state index contributed by atoms with van der Waals surface area (Å²) in [6.07, 6.45) is 17.0. The summed E-state index contributed by atoms with van der Waals surface area (Å²) in [5.74, 6) is 3.35. The Morgan fingerprint density at radius 1 is 1.50 bits per heavy atom. The molecule has 1 aliphatic rings. The van der Waals surface area contributed by atoms with E-state index in [0.717, 1.165) is 19.3 Å². The SMILES string of the molecule is C#CCCC1C=CC=CC1. The lowest BCUT2D eigenvalue weighted by Crippen LogP contribution is -1.95. The van der Waals surface area contributed by atoms with Gasteiger partial charge in [-0.15, -0.1) is 12.3 Å².